The average Bonchev–Trinajstić information content (AvgIpc) is 3.65. The van der Waals surface area contributed by atoms with Gasteiger partial charge in [-0.3, -0.25) is 0 Å². The van der Waals surface area contributed by atoms with Crippen molar-refractivity contribution in [3.63, 3.8) is 0 Å². The predicted octanol–water partition coefficient (Wildman–Crippen LogP) is 5.10. The van der Waals surface area contributed by atoms with Gasteiger partial charge < -0.3 is 19.7 Å². The van der Waals surface area contributed by atoms with Gasteiger partial charge in [0.05, 0.1) is 12.8 Å². The number of hydrogen-bond donors (Lipinski definition) is 1. The Labute approximate surface area is 220 Å². The number of nitrogens with zero attached hydrogens (tertiary/aromatic N) is 4. The first-order valence-corrected chi connectivity index (χ1v) is 13.3. The lowest BCUT2D eigenvalue weighted by Gasteiger charge is -2.33. The lowest BCUT2D eigenvalue weighted by Crippen LogP contribution is -2.42. The molecule has 1 N–H and O–H groups in total. The fourth-order valence-corrected chi connectivity index (χ4v) is 5.37. The number of amides is 1. The third-order valence-electron chi connectivity index (χ3n) is 7.33. The molecule has 2 heterocycles. The number of carbonyl (C=O) groups excluding carboxylic acids is 1. The molecule has 4 rings (SSSR count). The quantitative estimate of drug-likeness (QED) is 0.499. The van der Waals surface area contributed by atoms with Gasteiger partial charge in [0.25, 0.3) is 0 Å². The van der Waals surface area contributed by atoms with Crippen molar-refractivity contribution in [2.45, 2.75) is 65.5 Å². The Morgan fingerprint density at radius 1 is 1.22 bits per heavy atom. The van der Waals surface area contributed by atoms with E-state index in [0.717, 1.165) is 79.8 Å². The van der Waals surface area contributed by atoms with Crippen LogP contribution in [0.1, 0.15) is 63.5 Å². The summed E-state index contributed by atoms with van der Waals surface area (Å²) in [4.78, 5) is 22.9. The van der Waals surface area contributed by atoms with Gasteiger partial charge >= 0.3 is 6.09 Å². The lowest BCUT2D eigenvalue weighted by molar-refractivity contribution is 0.0174. The molecule has 2 aromatic rings. The van der Waals surface area contributed by atoms with E-state index in [1.807, 2.05) is 37.8 Å². The highest BCUT2D eigenvalue weighted by Gasteiger charge is 2.43. The highest BCUT2D eigenvalue weighted by Crippen LogP contribution is 2.49. The first-order valence-electron chi connectivity index (χ1n) is 13.3. The molecule has 1 saturated carbocycles. The zero-order chi connectivity index (χ0) is 26.6. The summed E-state index contributed by atoms with van der Waals surface area (Å²) >= 11 is 0. The number of benzene rings is 1. The maximum Gasteiger partial charge on any atom is 0.410 e. The minimum absolute atomic E-state index is 0.179. The van der Waals surface area contributed by atoms with Crippen molar-refractivity contribution >= 4 is 6.09 Å². The minimum Gasteiger partial charge on any atom is -0.497 e. The molecule has 1 aromatic carbocycles. The lowest BCUT2D eigenvalue weighted by atomic mass is 9.90. The summed E-state index contributed by atoms with van der Waals surface area (Å²) in [6.45, 7) is 10.8. The van der Waals surface area contributed by atoms with Crippen LogP contribution in [0.4, 0.5) is 4.79 Å². The van der Waals surface area contributed by atoms with E-state index in [1.54, 1.807) is 20.1 Å². The molecule has 2 atom stereocenters. The maximum absolute atomic E-state index is 12.3. The largest absolute Gasteiger partial charge is 0.497 e. The van der Waals surface area contributed by atoms with Gasteiger partial charge in [-0.15, -0.1) is 0 Å². The predicted molar refractivity (Wildman–Crippen MR) is 142 cm³/mol. The first-order chi connectivity index (χ1) is 17.7. The van der Waals surface area contributed by atoms with Crippen molar-refractivity contribution in [2.24, 2.45) is 17.8 Å². The van der Waals surface area contributed by atoms with Crippen LogP contribution < -0.4 is 10.1 Å². The van der Waals surface area contributed by atoms with Crippen molar-refractivity contribution in [1.29, 1.82) is 5.26 Å². The third-order valence-corrected chi connectivity index (χ3v) is 7.33. The number of carbonyl (C=O) groups is 1. The highest BCUT2D eigenvalue weighted by molar-refractivity contribution is 5.68. The van der Waals surface area contributed by atoms with Crippen LogP contribution in [0.15, 0.2) is 24.3 Å². The standard InChI is InChI=1S/C29H39N5O3/c1-19-32-23(17-30)15-27(33-19)26-16-24(36-5)7-6-22(26)18-31-11-8-21-14-25(21)20-9-12-34(13-10-20)28(35)37-29(2,3)4/h6-7,15-16,20-21,25,31H,8-14,18H2,1-5H3. The summed E-state index contributed by atoms with van der Waals surface area (Å²) in [6.07, 6.45) is 4.43. The summed E-state index contributed by atoms with van der Waals surface area (Å²) in [7, 11) is 1.65. The number of hydrogen-bond acceptors (Lipinski definition) is 7. The van der Waals surface area contributed by atoms with Crippen molar-refractivity contribution < 1.29 is 14.3 Å². The number of likely N-dealkylation sites (tertiary alicyclic amines) is 1. The molecule has 0 radical (unpaired) electrons. The van der Waals surface area contributed by atoms with E-state index in [9.17, 15) is 10.1 Å². The molecule has 37 heavy (non-hydrogen) atoms. The Morgan fingerprint density at radius 3 is 2.65 bits per heavy atom. The molecule has 1 aliphatic heterocycles. The Bertz CT molecular complexity index is 1150. The van der Waals surface area contributed by atoms with Crippen LogP contribution in [0, 0.1) is 36.0 Å². The van der Waals surface area contributed by atoms with Crippen LogP contribution in [0.5, 0.6) is 5.75 Å². The van der Waals surface area contributed by atoms with Gasteiger partial charge in [-0.1, -0.05) is 6.07 Å². The van der Waals surface area contributed by atoms with Crippen molar-refractivity contribution in [1.82, 2.24) is 20.2 Å². The van der Waals surface area contributed by atoms with Crippen LogP contribution in [-0.2, 0) is 11.3 Å². The number of aromatic nitrogens is 2. The molecule has 1 amide bonds. The van der Waals surface area contributed by atoms with E-state index in [2.05, 4.69) is 27.4 Å². The average molecular weight is 506 g/mol. The van der Waals surface area contributed by atoms with Crippen LogP contribution in [0.2, 0.25) is 0 Å². The molecule has 2 unspecified atom stereocenters. The molecular weight excluding hydrogens is 466 g/mol. The normalized spacial score (nSPS) is 19.8. The Morgan fingerprint density at radius 2 is 1.97 bits per heavy atom. The highest BCUT2D eigenvalue weighted by atomic mass is 16.6. The molecule has 2 aliphatic rings. The summed E-state index contributed by atoms with van der Waals surface area (Å²) in [5, 5.41) is 12.9. The Hall–Kier alpha value is -3.18. The van der Waals surface area contributed by atoms with E-state index in [0.29, 0.717) is 17.4 Å². The number of nitrogens with one attached hydrogen (secondary N) is 1. The molecule has 8 nitrogen and oxygen atoms in total. The van der Waals surface area contributed by atoms with Crippen LogP contribution in [-0.4, -0.2) is 53.3 Å². The molecule has 8 heteroatoms. The zero-order valence-corrected chi connectivity index (χ0v) is 22.7. The monoisotopic (exact) mass is 505 g/mol. The summed E-state index contributed by atoms with van der Waals surface area (Å²) < 4.78 is 11.0. The van der Waals surface area contributed by atoms with Crippen LogP contribution in [0.25, 0.3) is 11.3 Å². The minimum atomic E-state index is -0.442. The first kappa shape index (κ1) is 26.9. The fourth-order valence-electron chi connectivity index (χ4n) is 5.37. The van der Waals surface area contributed by atoms with E-state index in [-0.39, 0.29) is 6.09 Å². The molecule has 0 spiro atoms. The molecule has 0 bridgehead atoms. The third kappa shape index (κ3) is 7.20. The zero-order valence-electron chi connectivity index (χ0n) is 22.7. The van der Waals surface area contributed by atoms with Gasteiger partial charge in [-0.25, -0.2) is 14.8 Å². The number of aryl methyl sites for hydroxylation is 1. The smallest absolute Gasteiger partial charge is 0.410 e. The summed E-state index contributed by atoms with van der Waals surface area (Å²) in [6, 6.07) is 9.84. The second-order valence-corrected chi connectivity index (χ2v) is 11.3. The van der Waals surface area contributed by atoms with Gasteiger partial charge in [0.15, 0.2) is 0 Å². The number of rotatable bonds is 8. The second-order valence-electron chi connectivity index (χ2n) is 11.3. The van der Waals surface area contributed by atoms with Gasteiger partial charge in [0.1, 0.15) is 28.9 Å². The Kier molecular flexibility index (Phi) is 8.33. The SMILES string of the molecule is COc1ccc(CNCCC2CC2C2CCN(C(=O)OC(C)(C)C)CC2)c(-c2cc(C#N)nc(C)n2)c1. The number of methoxy groups -OCH3 is 1. The number of ether oxygens (including phenoxy) is 2. The molecule has 1 aromatic heterocycles. The van der Waals surface area contributed by atoms with E-state index in [1.165, 1.54) is 6.42 Å². The summed E-state index contributed by atoms with van der Waals surface area (Å²) in [5.74, 6) is 3.60. The fraction of sp³-hybridized carbons (Fsp3) is 0.586. The van der Waals surface area contributed by atoms with Gasteiger partial charge in [-0.2, -0.15) is 5.26 Å². The Balaban J connectivity index is 1.25. The van der Waals surface area contributed by atoms with Crippen molar-refractivity contribution in [2.75, 3.05) is 26.7 Å². The van der Waals surface area contributed by atoms with Crippen LogP contribution >= 0.6 is 0 Å². The second kappa shape index (κ2) is 11.5. The van der Waals surface area contributed by atoms with Crippen molar-refractivity contribution in [3.8, 4) is 23.1 Å². The molecule has 1 aliphatic carbocycles. The number of piperidine rings is 1. The topological polar surface area (TPSA) is 100 Å². The van der Waals surface area contributed by atoms with Gasteiger partial charge in [-0.05, 0) is 95.4 Å². The van der Waals surface area contributed by atoms with E-state index < -0.39 is 5.60 Å². The van der Waals surface area contributed by atoms with E-state index >= 15 is 0 Å². The maximum atomic E-state index is 12.3. The molecule has 2 fully saturated rings. The molecular formula is C29H39N5O3. The molecule has 198 valence electrons. The number of nitriles is 1. The van der Waals surface area contributed by atoms with Crippen molar-refractivity contribution in [3.05, 3.63) is 41.3 Å². The molecule has 1 saturated heterocycles. The van der Waals surface area contributed by atoms with Gasteiger partial charge in [0.2, 0.25) is 0 Å². The van der Waals surface area contributed by atoms with Crippen LogP contribution in [0.3, 0.4) is 0 Å². The van der Waals surface area contributed by atoms with Gasteiger partial charge in [0, 0.05) is 31.3 Å². The van der Waals surface area contributed by atoms with E-state index in [4.69, 9.17) is 9.47 Å². The summed E-state index contributed by atoms with van der Waals surface area (Å²) in [5.41, 5.74) is 2.72.